The Morgan fingerprint density at radius 1 is 1.55 bits per heavy atom. The first-order chi connectivity index (χ1) is 9.40. The van der Waals surface area contributed by atoms with Crippen LogP contribution in [0.1, 0.15) is 17.3 Å². The largest absolute Gasteiger partial charge is 0.478 e. The number of hydrogen-bond donors (Lipinski definition) is 3. The van der Waals surface area contributed by atoms with Gasteiger partial charge < -0.3 is 15.5 Å². The first-order valence-corrected chi connectivity index (χ1v) is 7.11. The molecule has 20 heavy (non-hydrogen) atoms. The van der Waals surface area contributed by atoms with Crippen LogP contribution in [0.15, 0.2) is 18.2 Å². The van der Waals surface area contributed by atoms with Crippen LogP contribution in [0.3, 0.4) is 0 Å². The number of nitrogens with one attached hydrogen (secondary N) is 1. The first-order valence-electron chi connectivity index (χ1n) is 5.82. The molecule has 2 unspecified atom stereocenters. The Morgan fingerprint density at radius 2 is 2.20 bits per heavy atom. The third-order valence-electron chi connectivity index (χ3n) is 2.86. The summed E-state index contributed by atoms with van der Waals surface area (Å²) in [6.07, 6.45) is 1.83. The highest BCUT2D eigenvalue weighted by Crippen LogP contribution is 2.27. The van der Waals surface area contributed by atoms with Gasteiger partial charge in [-0.3, -0.25) is 10.1 Å². The third-order valence-corrected chi connectivity index (χ3v) is 4.03. The normalized spacial score (nSPS) is 13.6. The van der Waals surface area contributed by atoms with Gasteiger partial charge in [0.05, 0.1) is 17.1 Å². The van der Waals surface area contributed by atoms with Crippen molar-refractivity contribution in [3.8, 4) is 0 Å². The molecular weight excluding hydrogens is 284 g/mol. The van der Waals surface area contributed by atoms with Crippen molar-refractivity contribution in [2.45, 2.75) is 18.2 Å². The fourth-order valence-corrected chi connectivity index (χ4v) is 2.34. The number of carbonyl (C=O) groups is 1. The van der Waals surface area contributed by atoms with Crippen molar-refractivity contribution >= 4 is 29.1 Å². The van der Waals surface area contributed by atoms with Gasteiger partial charge in [-0.25, -0.2) is 4.79 Å². The molecule has 0 saturated carbocycles. The number of aromatic carboxylic acids is 1. The van der Waals surface area contributed by atoms with Gasteiger partial charge in [-0.1, -0.05) is 0 Å². The molecule has 0 radical (unpaired) electrons. The molecule has 110 valence electrons. The van der Waals surface area contributed by atoms with E-state index in [4.69, 9.17) is 5.11 Å². The number of benzene rings is 1. The Labute approximate surface area is 120 Å². The van der Waals surface area contributed by atoms with Gasteiger partial charge in [-0.05, 0) is 25.3 Å². The number of rotatable bonds is 7. The van der Waals surface area contributed by atoms with Crippen molar-refractivity contribution in [1.82, 2.24) is 0 Å². The van der Waals surface area contributed by atoms with Crippen molar-refractivity contribution in [2.24, 2.45) is 0 Å². The highest BCUT2D eigenvalue weighted by Gasteiger charge is 2.21. The Hall–Kier alpha value is -1.80. The molecule has 0 fully saturated rings. The zero-order valence-electron chi connectivity index (χ0n) is 11.1. The summed E-state index contributed by atoms with van der Waals surface area (Å²) in [5, 5.41) is 31.9. The third kappa shape index (κ3) is 3.84. The molecule has 0 aliphatic heterocycles. The lowest BCUT2D eigenvalue weighted by Gasteiger charge is -2.22. The Balaban J connectivity index is 3.06. The van der Waals surface area contributed by atoms with Gasteiger partial charge in [-0.15, -0.1) is 0 Å². The highest BCUT2D eigenvalue weighted by atomic mass is 32.2. The Bertz CT molecular complexity index is 505. The number of nitro groups is 1. The van der Waals surface area contributed by atoms with E-state index in [9.17, 15) is 20.0 Å². The van der Waals surface area contributed by atoms with E-state index < -0.39 is 10.9 Å². The summed E-state index contributed by atoms with van der Waals surface area (Å²) in [7, 11) is 0. The van der Waals surface area contributed by atoms with Crippen LogP contribution in [-0.4, -0.2) is 45.3 Å². The number of carboxylic acids is 1. The van der Waals surface area contributed by atoms with Crippen LogP contribution >= 0.6 is 11.8 Å². The molecular formula is C12H16N2O5S. The zero-order valence-corrected chi connectivity index (χ0v) is 11.9. The van der Waals surface area contributed by atoms with E-state index in [1.807, 2.05) is 6.26 Å². The summed E-state index contributed by atoms with van der Waals surface area (Å²) in [5.74, 6) is -1.22. The van der Waals surface area contributed by atoms with Gasteiger partial charge in [-0.2, -0.15) is 11.8 Å². The molecule has 8 heteroatoms. The molecule has 1 rings (SSSR count). The molecule has 2 atom stereocenters. The van der Waals surface area contributed by atoms with E-state index in [0.717, 1.165) is 6.07 Å². The predicted molar refractivity (Wildman–Crippen MR) is 77.5 cm³/mol. The quantitative estimate of drug-likeness (QED) is 0.520. The maximum atomic E-state index is 11.0. The maximum Gasteiger partial charge on any atom is 0.335 e. The molecule has 0 heterocycles. The number of nitrogens with zero attached hydrogens (tertiary/aromatic N) is 1. The standard InChI is InChI=1S/C12H16N2O5S/c1-7(11(6-15)20-2)13-9-4-3-8(12(16)17)5-10(9)14(18)19/h3-5,7,11,13,15H,6H2,1-2H3,(H,16,17). The topological polar surface area (TPSA) is 113 Å². The van der Waals surface area contributed by atoms with Crippen LogP contribution in [0, 0.1) is 10.1 Å². The average molecular weight is 300 g/mol. The minimum atomic E-state index is -1.22. The van der Waals surface area contributed by atoms with Crippen molar-refractivity contribution < 1.29 is 19.9 Å². The summed E-state index contributed by atoms with van der Waals surface area (Å²) in [6, 6.07) is 3.48. The number of nitro benzene ring substituents is 1. The number of hydrogen-bond acceptors (Lipinski definition) is 6. The summed E-state index contributed by atoms with van der Waals surface area (Å²) in [5.41, 5.74) is -0.201. The lowest BCUT2D eigenvalue weighted by molar-refractivity contribution is -0.384. The molecule has 0 aromatic heterocycles. The Morgan fingerprint density at radius 3 is 2.65 bits per heavy atom. The molecule has 1 aromatic rings. The summed E-state index contributed by atoms with van der Waals surface area (Å²) in [4.78, 5) is 21.2. The fraction of sp³-hybridized carbons (Fsp3) is 0.417. The number of thioether (sulfide) groups is 1. The van der Waals surface area contributed by atoms with Crippen LogP contribution in [0.25, 0.3) is 0 Å². The molecule has 0 amide bonds. The van der Waals surface area contributed by atoms with Gasteiger partial charge in [0.15, 0.2) is 0 Å². The monoisotopic (exact) mass is 300 g/mol. The van der Waals surface area contributed by atoms with E-state index >= 15 is 0 Å². The van der Waals surface area contributed by atoms with Gasteiger partial charge in [0, 0.05) is 17.4 Å². The van der Waals surface area contributed by atoms with E-state index in [2.05, 4.69) is 5.32 Å². The molecule has 0 saturated heterocycles. The number of aliphatic hydroxyl groups excluding tert-OH is 1. The smallest absolute Gasteiger partial charge is 0.335 e. The predicted octanol–water partition coefficient (Wildman–Crippen LogP) is 1.82. The molecule has 0 spiro atoms. The number of carboxylic acid groups (broad SMARTS) is 1. The van der Waals surface area contributed by atoms with Crippen molar-refractivity contribution in [3.05, 3.63) is 33.9 Å². The minimum Gasteiger partial charge on any atom is -0.478 e. The SMILES string of the molecule is CSC(CO)C(C)Nc1ccc(C(=O)O)cc1[N+](=O)[O-]. The van der Waals surface area contributed by atoms with Gasteiger partial charge in [0.2, 0.25) is 0 Å². The molecule has 1 aromatic carbocycles. The van der Waals surface area contributed by atoms with Gasteiger partial charge >= 0.3 is 5.97 Å². The van der Waals surface area contributed by atoms with E-state index in [1.165, 1.54) is 23.9 Å². The molecule has 7 nitrogen and oxygen atoms in total. The Kier molecular flexibility index (Phi) is 5.78. The lowest BCUT2D eigenvalue weighted by atomic mass is 10.1. The van der Waals surface area contributed by atoms with Crippen LogP contribution in [0.2, 0.25) is 0 Å². The second-order valence-electron chi connectivity index (χ2n) is 4.18. The number of aliphatic hydroxyl groups is 1. The maximum absolute atomic E-state index is 11.0. The molecule has 0 bridgehead atoms. The highest BCUT2D eigenvalue weighted by molar-refractivity contribution is 7.99. The molecule has 0 aliphatic carbocycles. The summed E-state index contributed by atoms with van der Waals surface area (Å²) < 4.78 is 0. The second-order valence-corrected chi connectivity index (χ2v) is 5.26. The van der Waals surface area contributed by atoms with Crippen LogP contribution < -0.4 is 5.32 Å². The summed E-state index contributed by atoms with van der Waals surface area (Å²) >= 11 is 1.44. The van der Waals surface area contributed by atoms with Crippen LogP contribution in [-0.2, 0) is 0 Å². The van der Waals surface area contributed by atoms with E-state index in [0.29, 0.717) is 0 Å². The zero-order chi connectivity index (χ0) is 15.3. The van der Waals surface area contributed by atoms with E-state index in [-0.39, 0.29) is 34.8 Å². The summed E-state index contributed by atoms with van der Waals surface area (Å²) in [6.45, 7) is 1.74. The van der Waals surface area contributed by atoms with Gasteiger partial charge in [0.1, 0.15) is 5.69 Å². The van der Waals surface area contributed by atoms with Crippen molar-refractivity contribution in [2.75, 3.05) is 18.2 Å². The first kappa shape index (κ1) is 16.3. The van der Waals surface area contributed by atoms with Crippen LogP contribution in [0.5, 0.6) is 0 Å². The lowest BCUT2D eigenvalue weighted by Crippen LogP contribution is -2.31. The van der Waals surface area contributed by atoms with Crippen molar-refractivity contribution in [1.29, 1.82) is 0 Å². The van der Waals surface area contributed by atoms with Crippen LogP contribution in [0.4, 0.5) is 11.4 Å². The molecule has 3 N–H and O–H groups in total. The number of anilines is 1. The van der Waals surface area contributed by atoms with E-state index in [1.54, 1.807) is 6.92 Å². The minimum absolute atomic E-state index is 0.0592. The fourth-order valence-electron chi connectivity index (χ4n) is 1.71. The molecule has 0 aliphatic rings. The van der Waals surface area contributed by atoms with Crippen molar-refractivity contribution in [3.63, 3.8) is 0 Å². The average Bonchev–Trinajstić information content (AvgIpc) is 2.39. The second kappa shape index (κ2) is 7.11. The van der Waals surface area contributed by atoms with Gasteiger partial charge in [0.25, 0.3) is 5.69 Å².